The number of hydrogen-bond acceptors (Lipinski definition) is 4. The Kier molecular flexibility index (Phi) is 4.83. The second-order valence-electron chi connectivity index (χ2n) is 6.76. The molecule has 1 aliphatic heterocycles. The highest BCUT2D eigenvalue weighted by Gasteiger charge is 2.33. The fourth-order valence-electron chi connectivity index (χ4n) is 3.39. The Hall–Kier alpha value is -3.21. The number of carbonyl (C=O) groups is 1. The average Bonchev–Trinajstić information content (AvgIpc) is 3.36. The molecule has 3 aromatic rings. The summed E-state index contributed by atoms with van der Waals surface area (Å²) in [7, 11) is 0. The van der Waals surface area contributed by atoms with Crippen LogP contribution in [0, 0.1) is 6.92 Å². The van der Waals surface area contributed by atoms with E-state index in [1.807, 2.05) is 72.5 Å². The highest BCUT2D eigenvalue weighted by Crippen LogP contribution is 2.32. The SMILES string of the molecule is Cc1cccc(-c2noc(C3CCCN3C(=O)/C=C/c3ccccc3)n2)c1. The number of aromatic nitrogens is 2. The van der Waals surface area contributed by atoms with E-state index >= 15 is 0 Å². The van der Waals surface area contributed by atoms with Gasteiger partial charge in [-0.1, -0.05) is 59.3 Å². The minimum absolute atomic E-state index is 0.0309. The lowest BCUT2D eigenvalue weighted by Crippen LogP contribution is -2.29. The number of likely N-dealkylation sites (tertiary alicyclic amines) is 1. The monoisotopic (exact) mass is 359 g/mol. The summed E-state index contributed by atoms with van der Waals surface area (Å²) in [5.41, 5.74) is 3.06. The molecule has 1 fully saturated rings. The van der Waals surface area contributed by atoms with Crippen molar-refractivity contribution >= 4 is 12.0 Å². The van der Waals surface area contributed by atoms with Crippen molar-refractivity contribution in [3.05, 3.63) is 77.7 Å². The highest BCUT2D eigenvalue weighted by molar-refractivity contribution is 5.92. The van der Waals surface area contributed by atoms with Crippen LogP contribution in [0.4, 0.5) is 0 Å². The van der Waals surface area contributed by atoms with Gasteiger partial charge >= 0.3 is 0 Å². The zero-order valence-electron chi connectivity index (χ0n) is 15.2. The second kappa shape index (κ2) is 7.58. The summed E-state index contributed by atoms with van der Waals surface area (Å²) >= 11 is 0. The zero-order valence-corrected chi connectivity index (χ0v) is 15.2. The van der Waals surface area contributed by atoms with Gasteiger partial charge in [0.1, 0.15) is 6.04 Å². The normalized spacial score (nSPS) is 16.9. The van der Waals surface area contributed by atoms with Gasteiger partial charge in [0.2, 0.25) is 17.6 Å². The van der Waals surface area contributed by atoms with Crippen molar-refractivity contribution in [1.29, 1.82) is 0 Å². The summed E-state index contributed by atoms with van der Waals surface area (Å²) in [5, 5.41) is 4.12. The van der Waals surface area contributed by atoms with Crippen LogP contribution in [-0.4, -0.2) is 27.5 Å². The fraction of sp³-hybridized carbons (Fsp3) is 0.227. The van der Waals surface area contributed by atoms with Crippen molar-refractivity contribution in [2.75, 3.05) is 6.54 Å². The molecule has 0 saturated carbocycles. The molecule has 1 unspecified atom stereocenters. The second-order valence-corrected chi connectivity index (χ2v) is 6.76. The summed E-state index contributed by atoms with van der Waals surface area (Å²) < 4.78 is 5.51. The van der Waals surface area contributed by atoms with Crippen molar-refractivity contribution in [3.8, 4) is 11.4 Å². The lowest BCUT2D eigenvalue weighted by Gasteiger charge is -2.20. The van der Waals surface area contributed by atoms with Crippen LogP contribution in [0.3, 0.4) is 0 Å². The molecular formula is C22H21N3O2. The van der Waals surface area contributed by atoms with Gasteiger partial charge in [0.25, 0.3) is 0 Å². The molecule has 136 valence electrons. The number of carbonyl (C=O) groups excluding carboxylic acids is 1. The molecule has 1 aromatic heterocycles. The summed E-state index contributed by atoms with van der Waals surface area (Å²) in [5.74, 6) is 1.04. The van der Waals surface area contributed by atoms with E-state index in [9.17, 15) is 4.79 Å². The third-order valence-electron chi connectivity index (χ3n) is 4.76. The van der Waals surface area contributed by atoms with E-state index in [-0.39, 0.29) is 11.9 Å². The van der Waals surface area contributed by atoms with E-state index in [2.05, 4.69) is 10.1 Å². The van der Waals surface area contributed by atoms with Crippen LogP contribution in [0.5, 0.6) is 0 Å². The first kappa shape index (κ1) is 17.2. The molecule has 4 rings (SSSR count). The lowest BCUT2D eigenvalue weighted by atomic mass is 10.1. The summed E-state index contributed by atoms with van der Waals surface area (Å²) in [6, 6.07) is 17.6. The predicted octanol–water partition coefficient (Wildman–Crippen LogP) is 4.42. The van der Waals surface area contributed by atoms with Gasteiger partial charge in [0, 0.05) is 18.2 Å². The van der Waals surface area contributed by atoms with E-state index in [0.29, 0.717) is 18.3 Å². The van der Waals surface area contributed by atoms with Gasteiger partial charge in [0.15, 0.2) is 0 Å². The number of rotatable bonds is 4. The van der Waals surface area contributed by atoms with Gasteiger partial charge in [-0.25, -0.2) is 0 Å². The van der Waals surface area contributed by atoms with Crippen LogP contribution >= 0.6 is 0 Å². The zero-order chi connectivity index (χ0) is 18.6. The van der Waals surface area contributed by atoms with Crippen LogP contribution < -0.4 is 0 Å². The van der Waals surface area contributed by atoms with Crippen LogP contribution in [0.2, 0.25) is 0 Å². The maximum atomic E-state index is 12.7. The molecule has 5 nitrogen and oxygen atoms in total. The van der Waals surface area contributed by atoms with Gasteiger partial charge in [-0.15, -0.1) is 0 Å². The molecule has 0 N–H and O–H groups in total. The molecule has 1 saturated heterocycles. The standard InChI is InChI=1S/C22H21N3O2/c1-16-7-5-10-18(15-16)21-23-22(27-24-21)19-11-6-14-25(19)20(26)13-12-17-8-3-2-4-9-17/h2-5,7-10,12-13,15,19H,6,11,14H2,1H3/b13-12+. The molecule has 27 heavy (non-hydrogen) atoms. The first-order valence-electron chi connectivity index (χ1n) is 9.15. The molecule has 0 aliphatic carbocycles. The van der Waals surface area contributed by atoms with Crippen molar-refractivity contribution in [1.82, 2.24) is 15.0 Å². The largest absolute Gasteiger partial charge is 0.337 e. The fourth-order valence-corrected chi connectivity index (χ4v) is 3.39. The van der Waals surface area contributed by atoms with Gasteiger partial charge in [-0.2, -0.15) is 4.98 Å². The summed E-state index contributed by atoms with van der Waals surface area (Å²) in [6.07, 6.45) is 5.22. The Bertz CT molecular complexity index is 962. The molecule has 5 heteroatoms. The number of aryl methyl sites for hydroxylation is 1. The third-order valence-corrected chi connectivity index (χ3v) is 4.76. The van der Waals surface area contributed by atoms with Gasteiger partial charge in [0.05, 0.1) is 0 Å². The minimum Gasteiger partial charge on any atom is -0.337 e. The van der Waals surface area contributed by atoms with Crippen molar-refractivity contribution < 1.29 is 9.32 Å². The van der Waals surface area contributed by atoms with Crippen LogP contribution in [0.1, 0.15) is 35.9 Å². The number of hydrogen-bond donors (Lipinski definition) is 0. The van der Waals surface area contributed by atoms with Crippen molar-refractivity contribution in [3.63, 3.8) is 0 Å². The number of benzene rings is 2. The topological polar surface area (TPSA) is 59.2 Å². The van der Waals surface area contributed by atoms with Gasteiger partial charge in [-0.3, -0.25) is 4.79 Å². The molecule has 0 spiro atoms. The molecule has 2 heterocycles. The third kappa shape index (κ3) is 3.82. The van der Waals surface area contributed by atoms with Gasteiger partial charge < -0.3 is 9.42 Å². The number of nitrogens with zero attached hydrogens (tertiary/aromatic N) is 3. The van der Waals surface area contributed by atoms with Crippen LogP contribution in [0.15, 0.2) is 65.2 Å². The van der Waals surface area contributed by atoms with Crippen LogP contribution in [0.25, 0.3) is 17.5 Å². The Morgan fingerprint density at radius 1 is 1.19 bits per heavy atom. The maximum absolute atomic E-state index is 12.7. The molecule has 2 aromatic carbocycles. The van der Waals surface area contributed by atoms with E-state index in [1.54, 1.807) is 6.08 Å². The Morgan fingerprint density at radius 2 is 2.04 bits per heavy atom. The van der Waals surface area contributed by atoms with Crippen LogP contribution in [-0.2, 0) is 4.79 Å². The molecule has 1 atom stereocenters. The first-order valence-corrected chi connectivity index (χ1v) is 9.15. The molecule has 1 aliphatic rings. The lowest BCUT2D eigenvalue weighted by molar-refractivity contribution is -0.127. The van der Waals surface area contributed by atoms with E-state index in [4.69, 9.17) is 4.52 Å². The molecule has 1 amide bonds. The van der Waals surface area contributed by atoms with Gasteiger partial charge in [-0.05, 0) is 37.5 Å². The highest BCUT2D eigenvalue weighted by atomic mass is 16.5. The molecular weight excluding hydrogens is 338 g/mol. The molecule has 0 bridgehead atoms. The van der Waals surface area contributed by atoms with Crippen molar-refractivity contribution in [2.45, 2.75) is 25.8 Å². The van der Waals surface area contributed by atoms with E-state index in [1.165, 1.54) is 0 Å². The smallest absolute Gasteiger partial charge is 0.249 e. The Labute approximate surface area is 158 Å². The quantitative estimate of drug-likeness (QED) is 0.647. The Morgan fingerprint density at radius 3 is 2.85 bits per heavy atom. The Balaban J connectivity index is 1.52. The predicted molar refractivity (Wildman–Crippen MR) is 104 cm³/mol. The molecule has 0 radical (unpaired) electrons. The van der Waals surface area contributed by atoms with E-state index < -0.39 is 0 Å². The van der Waals surface area contributed by atoms with E-state index in [0.717, 1.165) is 29.5 Å². The number of amides is 1. The van der Waals surface area contributed by atoms with Crippen molar-refractivity contribution in [2.24, 2.45) is 0 Å². The average molecular weight is 359 g/mol. The first-order chi connectivity index (χ1) is 13.2. The maximum Gasteiger partial charge on any atom is 0.249 e. The minimum atomic E-state index is -0.163. The summed E-state index contributed by atoms with van der Waals surface area (Å²) in [6.45, 7) is 2.73. The summed E-state index contributed by atoms with van der Waals surface area (Å²) in [4.78, 5) is 19.0.